The second-order valence-corrected chi connectivity index (χ2v) is 7.58. The molecule has 0 aliphatic carbocycles. The number of thiophene rings is 1. The summed E-state index contributed by atoms with van der Waals surface area (Å²) < 4.78 is 28.9. The predicted octanol–water partition coefficient (Wildman–Crippen LogP) is 4.02. The van der Waals surface area contributed by atoms with Gasteiger partial charge in [-0.05, 0) is 52.9 Å². The van der Waals surface area contributed by atoms with Gasteiger partial charge in [-0.25, -0.2) is 9.18 Å². The van der Waals surface area contributed by atoms with Crippen molar-refractivity contribution in [2.24, 2.45) is 0 Å². The van der Waals surface area contributed by atoms with Crippen molar-refractivity contribution in [1.82, 2.24) is 5.32 Å². The standard InChI is InChI=1S/C23H18FNO5S/c24-17-6-3-15(4-7-17)10-18(21-2-1-9-31-21)23(27)28-13-22(26)25-12-16-5-8-19-20(11-16)30-14-29-19/h1-11H,12-14H2,(H,25,26)/b18-10+. The Morgan fingerprint density at radius 3 is 2.68 bits per heavy atom. The van der Waals surface area contributed by atoms with Crippen molar-refractivity contribution in [3.8, 4) is 11.5 Å². The van der Waals surface area contributed by atoms with E-state index in [0.29, 0.717) is 27.5 Å². The molecular formula is C23H18FNO5S. The lowest BCUT2D eigenvalue weighted by molar-refractivity contribution is -0.142. The summed E-state index contributed by atoms with van der Waals surface area (Å²) in [5, 5.41) is 4.54. The molecule has 0 spiro atoms. The van der Waals surface area contributed by atoms with Gasteiger partial charge in [0.15, 0.2) is 18.1 Å². The zero-order valence-corrected chi connectivity index (χ0v) is 17.1. The Labute approximate surface area is 181 Å². The SMILES string of the molecule is O=C(COC(=O)/C(=C/c1ccc(F)cc1)c1cccs1)NCc1ccc2c(c1)OCO2. The fourth-order valence-electron chi connectivity index (χ4n) is 2.90. The minimum atomic E-state index is -0.634. The smallest absolute Gasteiger partial charge is 0.340 e. The number of amides is 1. The molecule has 0 unspecified atom stereocenters. The zero-order chi connectivity index (χ0) is 21.6. The average molecular weight is 439 g/mol. The molecule has 1 aromatic heterocycles. The lowest BCUT2D eigenvalue weighted by atomic mass is 10.1. The van der Waals surface area contributed by atoms with E-state index < -0.39 is 18.5 Å². The molecule has 1 N–H and O–H groups in total. The molecule has 1 aliphatic heterocycles. The molecule has 0 fully saturated rings. The van der Waals surface area contributed by atoms with Crippen LogP contribution in [0.5, 0.6) is 11.5 Å². The lowest BCUT2D eigenvalue weighted by Crippen LogP contribution is -2.28. The number of benzene rings is 2. The number of hydrogen-bond acceptors (Lipinski definition) is 6. The average Bonchev–Trinajstić information content (AvgIpc) is 3.47. The molecule has 0 saturated heterocycles. The highest BCUT2D eigenvalue weighted by Crippen LogP contribution is 2.32. The number of halogens is 1. The third-order valence-electron chi connectivity index (χ3n) is 4.45. The van der Waals surface area contributed by atoms with Gasteiger partial charge in [-0.1, -0.05) is 24.3 Å². The van der Waals surface area contributed by atoms with E-state index in [1.807, 2.05) is 17.5 Å². The number of hydrogen-bond donors (Lipinski definition) is 1. The summed E-state index contributed by atoms with van der Waals surface area (Å²) in [6, 6.07) is 14.7. The number of nitrogens with one attached hydrogen (secondary N) is 1. The second kappa shape index (κ2) is 9.44. The van der Waals surface area contributed by atoms with Crippen LogP contribution < -0.4 is 14.8 Å². The quantitative estimate of drug-likeness (QED) is 0.445. The summed E-state index contributed by atoms with van der Waals surface area (Å²) >= 11 is 1.37. The van der Waals surface area contributed by atoms with Gasteiger partial charge in [0.2, 0.25) is 6.79 Å². The monoisotopic (exact) mass is 439 g/mol. The maximum atomic E-state index is 13.2. The van der Waals surface area contributed by atoms with Gasteiger partial charge in [0.25, 0.3) is 5.91 Å². The van der Waals surface area contributed by atoms with E-state index in [9.17, 15) is 14.0 Å². The van der Waals surface area contributed by atoms with Crippen molar-refractivity contribution in [3.63, 3.8) is 0 Å². The van der Waals surface area contributed by atoms with E-state index in [1.165, 1.54) is 23.5 Å². The topological polar surface area (TPSA) is 73.9 Å². The number of esters is 1. The van der Waals surface area contributed by atoms with Crippen molar-refractivity contribution in [2.75, 3.05) is 13.4 Å². The highest BCUT2D eigenvalue weighted by atomic mass is 32.1. The van der Waals surface area contributed by atoms with E-state index >= 15 is 0 Å². The highest BCUT2D eigenvalue weighted by molar-refractivity contribution is 7.11. The molecule has 2 heterocycles. The van der Waals surface area contributed by atoms with Gasteiger partial charge in [-0.15, -0.1) is 11.3 Å². The van der Waals surface area contributed by atoms with Crippen LogP contribution in [0.2, 0.25) is 0 Å². The summed E-state index contributed by atoms with van der Waals surface area (Å²) in [6.07, 6.45) is 1.61. The molecule has 2 aromatic carbocycles. The van der Waals surface area contributed by atoms with Crippen LogP contribution in [0, 0.1) is 5.82 Å². The minimum Gasteiger partial charge on any atom is -0.454 e. The predicted molar refractivity (Wildman–Crippen MR) is 114 cm³/mol. The fourth-order valence-corrected chi connectivity index (χ4v) is 3.63. The van der Waals surface area contributed by atoms with Gasteiger partial charge in [0.1, 0.15) is 5.82 Å². The summed E-state index contributed by atoms with van der Waals surface area (Å²) in [5.41, 5.74) is 1.78. The first kappa shape index (κ1) is 20.6. The van der Waals surface area contributed by atoms with Crippen LogP contribution in [0.15, 0.2) is 60.0 Å². The molecule has 4 rings (SSSR count). The first-order chi connectivity index (χ1) is 15.1. The molecule has 158 valence electrons. The third kappa shape index (κ3) is 5.29. The molecule has 0 saturated carbocycles. The molecule has 1 aliphatic rings. The summed E-state index contributed by atoms with van der Waals surface area (Å²) in [5.74, 6) is -0.136. The molecular weight excluding hydrogens is 421 g/mol. The largest absolute Gasteiger partial charge is 0.454 e. The molecule has 0 atom stereocenters. The lowest BCUT2D eigenvalue weighted by Gasteiger charge is -2.09. The van der Waals surface area contributed by atoms with Gasteiger partial charge in [-0.2, -0.15) is 0 Å². The van der Waals surface area contributed by atoms with Crippen molar-refractivity contribution in [1.29, 1.82) is 0 Å². The maximum Gasteiger partial charge on any atom is 0.340 e. The number of carbonyl (C=O) groups excluding carboxylic acids is 2. The Morgan fingerprint density at radius 1 is 1.10 bits per heavy atom. The normalized spacial score (nSPS) is 12.5. The summed E-state index contributed by atoms with van der Waals surface area (Å²) in [7, 11) is 0. The Morgan fingerprint density at radius 2 is 1.90 bits per heavy atom. The van der Waals surface area contributed by atoms with Crippen molar-refractivity contribution in [3.05, 3.63) is 81.8 Å². The molecule has 0 bridgehead atoms. The molecule has 0 radical (unpaired) electrons. The van der Waals surface area contributed by atoms with Crippen LogP contribution in [0.1, 0.15) is 16.0 Å². The number of rotatable bonds is 7. The van der Waals surface area contributed by atoms with E-state index in [2.05, 4.69) is 5.32 Å². The van der Waals surface area contributed by atoms with Crippen molar-refractivity contribution < 1.29 is 28.2 Å². The van der Waals surface area contributed by atoms with Crippen LogP contribution in [-0.4, -0.2) is 25.3 Å². The Kier molecular flexibility index (Phi) is 6.28. The third-order valence-corrected chi connectivity index (χ3v) is 5.35. The van der Waals surface area contributed by atoms with Gasteiger partial charge >= 0.3 is 5.97 Å². The van der Waals surface area contributed by atoms with Gasteiger partial charge in [-0.3, -0.25) is 4.79 Å². The zero-order valence-electron chi connectivity index (χ0n) is 16.3. The first-order valence-electron chi connectivity index (χ1n) is 9.42. The van der Waals surface area contributed by atoms with Gasteiger partial charge < -0.3 is 19.5 Å². The van der Waals surface area contributed by atoms with Crippen LogP contribution in [-0.2, 0) is 20.9 Å². The van der Waals surface area contributed by atoms with E-state index in [4.69, 9.17) is 14.2 Å². The molecule has 1 amide bonds. The molecule has 31 heavy (non-hydrogen) atoms. The number of ether oxygens (including phenoxy) is 3. The summed E-state index contributed by atoms with van der Waals surface area (Å²) in [6.45, 7) is 0.0187. The molecule has 3 aromatic rings. The van der Waals surface area contributed by atoms with Crippen molar-refractivity contribution in [2.45, 2.75) is 6.54 Å². The van der Waals surface area contributed by atoms with E-state index in [-0.39, 0.29) is 19.2 Å². The molecule has 6 nitrogen and oxygen atoms in total. The van der Waals surface area contributed by atoms with Crippen LogP contribution in [0.3, 0.4) is 0 Å². The second-order valence-electron chi connectivity index (χ2n) is 6.63. The maximum absolute atomic E-state index is 13.2. The minimum absolute atomic E-state index is 0.180. The van der Waals surface area contributed by atoms with Crippen LogP contribution in [0.4, 0.5) is 4.39 Å². The van der Waals surface area contributed by atoms with Crippen LogP contribution >= 0.6 is 11.3 Å². The Bertz CT molecular complexity index is 1110. The highest BCUT2D eigenvalue weighted by Gasteiger charge is 2.17. The van der Waals surface area contributed by atoms with Crippen LogP contribution in [0.25, 0.3) is 11.6 Å². The summed E-state index contributed by atoms with van der Waals surface area (Å²) in [4.78, 5) is 25.5. The molecule has 8 heteroatoms. The first-order valence-corrected chi connectivity index (χ1v) is 10.3. The fraction of sp³-hybridized carbons (Fsp3) is 0.130. The van der Waals surface area contributed by atoms with E-state index in [1.54, 1.807) is 36.4 Å². The van der Waals surface area contributed by atoms with E-state index in [0.717, 1.165) is 5.56 Å². The van der Waals surface area contributed by atoms with Gasteiger partial charge in [0.05, 0.1) is 5.57 Å². The Hall–Kier alpha value is -3.65. The Balaban J connectivity index is 1.36. The number of carbonyl (C=O) groups is 2. The van der Waals surface area contributed by atoms with Crippen molar-refractivity contribution >= 4 is 34.9 Å². The number of fused-ring (bicyclic) bond motifs is 1. The van der Waals surface area contributed by atoms with Gasteiger partial charge in [0, 0.05) is 11.4 Å².